The van der Waals surface area contributed by atoms with E-state index in [2.05, 4.69) is 0 Å². The normalized spacial score (nSPS) is 35.1. The molecule has 0 aromatic heterocycles. The Kier molecular flexibility index (Phi) is 2.93. The Morgan fingerprint density at radius 3 is 2.25 bits per heavy atom. The van der Waals surface area contributed by atoms with Crippen molar-refractivity contribution in [2.75, 3.05) is 0 Å². The Hall–Kier alpha value is -1.91. The first-order chi connectivity index (χ1) is 9.03. The molecule has 2 atom stereocenters. The fourth-order valence-corrected chi connectivity index (χ4v) is 2.57. The number of ketones is 2. The van der Waals surface area contributed by atoms with Gasteiger partial charge in [0.15, 0.2) is 11.4 Å². The van der Waals surface area contributed by atoms with Crippen LogP contribution in [-0.4, -0.2) is 28.2 Å². The highest BCUT2D eigenvalue weighted by Crippen LogP contribution is 2.53. The summed E-state index contributed by atoms with van der Waals surface area (Å²) in [6.45, 7) is 6.86. The molecule has 2 aliphatic rings. The summed E-state index contributed by atoms with van der Waals surface area (Å²) >= 11 is 0. The van der Waals surface area contributed by atoms with Gasteiger partial charge < -0.3 is 9.84 Å². The number of hydrogen-bond acceptors (Lipinski definition) is 4. The van der Waals surface area contributed by atoms with Gasteiger partial charge in [-0.3, -0.25) is 14.4 Å². The highest BCUT2D eigenvalue weighted by Gasteiger charge is 2.55. The van der Waals surface area contributed by atoms with E-state index in [9.17, 15) is 14.4 Å². The number of carboxylic acid groups (broad SMARTS) is 1. The number of aliphatic carboxylic acids is 1. The predicted molar refractivity (Wildman–Crippen MR) is 70.9 cm³/mol. The lowest BCUT2D eigenvalue weighted by Gasteiger charge is -2.38. The maximum Gasteiger partial charge on any atom is 0.307 e. The van der Waals surface area contributed by atoms with Crippen molar-refractivity contribution in [1.82, 2.24) is 0 Å². The maximum atomic E-state index is 12.1. The van der Waals surface area contributed by atoms with Crippen LogP contribution in [0.25, 0.3) is 0 Å². The smallest absolute Gasteiger partial charge is 0.307 e. The predicted octanol–water partition coefficient (Wildman–Crippen LogP) is 1.87. The van der Waals surface area contributed by atoms with Gasteiger partial charge >= 0.3 is 5.97 Å². The van der Waals surface area contributed by atoms with Gasteiger partial charge in [-0.1, -0.05) is 19.9 Å². The Morgan fingerprint density at radius 1 is 1.20 bits per heavy atom. The molecule has 0 radical (unpaired) electrons. The molecular formula is C15H18O5. The van der Waals surface area contributed by atoms with Gasteiger partial charge in [0.1, 0.15) is 5.76 Å². The molecule has 5 nitrogen and oxygen atoms in total. The quantitative estimate of drug-likeness (QED) is 0.852. The van der Waals surface area contributed by atoms with Gasteiger partial charge in [-0.25, -0.2) is 0 Å². The molecule has 0 saturated carbocycles. The number of rotatable bonds is 3. The molecule has 1 heterocycles. The highest BCUT2D eigenvalue weighted by molar-refractivity contribution is 6.03. The van der Waals surface area contributed by atoms with Gasteiger partial charge in [0.2, 0.25) is 5.78 Å². The Balaban J connectivity index is 2.36. The second-order valence-electron chi connectivity index (χ2n) is 6.30. The van der Waals surface area contributed by atoms with Crippen LogP contribution in [0.2, 0.25) is 0 Å². The van der Waals surface area contributed by atoms with Crippen molar-refractivity contribution in [2.45, 2.75) is 39.7 Å². The molecule has 0 fully saturated rings. The third-order valence-corrected chi connectivity index (χ3v) is 4.60. The molecule has 0 amide bonds. The van der Waals surface area contributed by atoms with E-state index >= 15 is 0 Å². The second-order valence-corrected chi connectivity index (χ2v) is 6.30. The van der Waals surface area contributed by atoms with Crippen molar-refractivity contribution in [3.05, 3.63) is 24.0 Å². The summed E-state index contributed by atoms with van der Waals surface area (Å²) in [6, 6.07) is 0. The lowest BCUT2D eigenvalue weighted by atomic mass is 9.67. The minimum Gasteiger partial charge on any atom is -0.482 e. The van der Waals surface area contributed by atoms with Crippen molar-refractivity contribution < 1.29 is 24.2 Å². The zero-order valence-corrected chi connectivity index (χ0v) is 12.0. The molecule has 0 unspecified atom stereocenters. The van der Waals surface area contributed by atoms with E-state index in [-0.39, 0.29) is 11.6 Å². The molecule has 108 valence electrons. The van der Waals surface area contributed by atoms with Crippen LogP contribution in [0, 0.1) is 10.8 Å². The van der Waals surface area contributed by atoms with Crippen LogP contribution in [0.3, 0.4) is 0 Å². The van der Waals surface area contributed by atoms with Crippen LogP contribution in [0.5, 0.6) is 0 Å². The van der Waals surface area contributed by atoms with Crippen molar-refractivity contribution in [2.24, 2.45) is 10.8 Å². The minimum absolute atomic E-state index is 0.0382. The van der Waals surface area contributed by atoms with Gasteiger partial charge in [0, 0.05) is 11.5 Å². The average molecular weight is 278 g/mol. The largest absolute Gasteiger partial charge is 0.482 e. The molecule has 0 aromatic rings. The number of hydrogen-bond donors (Lipinski definition) is 1. The second kappa shape index (κ2) is 4.04. The van der Waals surface area contributed by atoms with Crippen LogP contribution >= 0.6 is 0 Å². The number of carbonyl (C=O) groups excluding carboxylic acids is 2. The number of carboxylic acids is 1. The fraction of sp³-hybridized carbons (Fsp3) is 0.533. The third-order valence-electron chi connectivity index (χ3n) is 4.60. The number of ether oxygens (including phenoxy) is 1. The van der Waals surface area contributed by atoms with E-state index < -0.39 is 28.8 Å². The van der Waals surface area contributed by atoms with Gasteiger partial charge in [0.25, 0.3) is 0 Å². The Morgan fingerprint density at radius 2 is 1.80 bits per heavy atom. The van der Waals surface area contributed by atoms with E-state index in [0.29, 0.717) is 5.76 Å². The van der Waals surface area contributed by atoms with Crippen molar-refractivity contribution >= 4 is 17.5 Å². The standard InChI is InChI=1S/C15H18O5/c1-13(2)9(16)5-6-14(13,3)11-7-10(17)15(4,20-11)8-12(18)19/h5-7H,8H2,1-4H3,(H,18,19)/t14-,15+/m0/s1. The van der Waals surface area contributed by atoms with Crippen LogP contribution in [-0.2, 0) is 19.1 Å². The van der Waals surface area contributed by atoms with Gasteiger partial charge in [0.05, 0.1) is 11.8 Å². The van der Waals surface area contributed by atoms with Crippen LogP contribution in [0.1, 0.15) is 34.1 Å². The minimum atomic E-state index is -1.39. The Labute approximate surface area is 117 Å². The molecule has 0 spiro atoms. The zero-order chi connectivity index (χ0) is 15.3. The zero-order valence-electron chi connectivity index (χ0n) is 12.0. The highest BCUT2D eigenvalue weighted by atomic mass is 16.5. The molecular weight excluding hydrogens is 260 g/mol. The molecule has 1 N–H and O–H groups in total. The summed E-state index contributed by atoms with van der Waals surface area (Å²) in [5, 5.41) is 8.89. The Bertz CT molecular complexity index is 569. The molecule has 0 aromatic carbocycles. The van der Waals surface area contributed by atoms with E-state index in [1.165, 1.54) is 19.1 Å². The molecule has 1 aliphatic heterocycles. The number of carbonyl (C=O) groups is 3. The lowest BCUT2D eigenvalue weighted by Crippen LogP contribution is -2.40. The molecule has 20 heavy (non-hydrogen) atoms. The van der Waals surface area contributed by atoms with Gasteiger partial charge in [-0.05, 0) is 19.9 Å². The molecule has 0 saturated heterocycles. The van der Waals surface area contributed by atoms with Crippen molar-refractivity contribution in [3.63, 3.8) is 0 Å². The molecule has 0 bridgehead atoms. The van der Waals surface area contributed by atoms with Crippen molar-refractivity contribution in [3.8, 4) is 0 Å². The van der Waals surface area contributed by atoms with Crippen LogP contribution in [0.4, 0.5) is 0 Å². The van der Waals surface area contributed by atoms with E-state index in [0.717, 1.165) is 0 Å². The summed E-state index contributed by atoms with van der Waals surface area (Å²) < 4.78 is 5.67. The SMILES string of the molecule is CC1(C)C(=O)C=C[C@@]1(C)C1=CC(=O)[C@@](C)(CC(=O)O)O1. The summed E-state index contributed by atoms with van der Waals surface area (Å²) in [6.07, 6.45) is 4.14. The van der Waals surface area contributed by atoms with Crippen LogP contribution < -0.4 is 0 Å². The maximum absolute atomic E-state index is 12.1. The van der Waals surface area contributed by atoms with Crippen LogP contribution in [0.15, 0.2) is 24.0 Å². The molecule has 1 aliphatic carbocycles. The lowest BCUT2D eigenvalue weighted by molar-refractivity contribution is -0.148. The van der Waals surface area contributed by atoms with Gasteiger partial charge in [-0.15, -0.1) is 0 Å². The summed E-state index contributed by atoms with van der Waals surface area (Å²) in [4.78, 5) is 34.9. The monoisotopic (exact) mass is 278 g/mol. The van der Waals surface area contributed by atoms with E-state index in [4.69, 9.17) is 9.84 Å². The fourth-order valence-electron chi connectivity index (χ4n) is 2.57. The van der Waals surface area contributed by atoms with Gasteiger partial charge in [-0.2, -0.15) is 0 Å². The third kappa shape index (κ3) is 1.80. The topological polar surface area (TPSA) is 80.7 Å². The van der Waals surface area contributed by atoms with E-state index in [1.54, 1.807) is 19.9 Å². The van der Waals surface area contributed by atoms with Crippen molar-refractivity contribution in [1.29, 1.82) is 0 Å². The first-order valence-electron chi connectivity index (χ1n) is 6.44. The molecule has 5 heteroatoms. The van der Waals surface area contributed by atoms with E-state index in [1.807, 2.05) is 6.92 Å². The number of allylic oxidation sites excluding steroid dienone is 2. The molecule has 2 rings (SSSR count). The summed E-state index contributed by atoms with van der Waals surface area (Å²) in [7, 11) is 0. The first kappa shape index (κ1) is 14.5. The average Bonchev–Trinajstić information content (AvgIpc) is 2.70. The summed E-state index contributed by atoms with van der Waals surface area (Å²) in [5.74, 6) is -1.15. The summed E-state index contributed by atoms with van der Waals surface area (Å²) in [5.41, 5.74) is -2.86. The first-order valence-corrected chi connectivity index (χ1v) is 6.44.